The summed E-state index contributed by atoms with van der Waals surface area (Å²) in [5.41, 5.74) is 1.15. The van der Waals surface area contributed by atoms with Crippen molar-refractivity contribution in [3.8, 4) is 17.2 Å². The molecule has 2 aromatic rings. The van der Waals surface area contributed by atoms with Crippen molar-refractivity contribution in [2.45, 2.75) is 12.3 Å². The van der Waals surface area contributed by atoms with Crippen LogP contribution in [0.2, 0.25) is 0 Å². The van der Waals surface area contributed by atoms with Crippen LogP contribution >= 0.6 is 0 Å². The van der Waals surface area contributed by atoms with Gasteiger partial charge in [-0.3, -0.25) is 0 Å². The standard InChI is InChI=1S/C17H20FNO5S/c1-22-15-8-13(9-16(23-2)17(15)24-3)10-19-25(20,21)11-12-4-6-14(18)7-5-12/h4-9,19H,10-11H2,1-3H3. The van der Waals surface area contributed by atoms with Gasteiger partial charge in [0.05, 0.1) is 27.1 Å². The quantitative estimate of drug-likeness (QED) is 0.774. The number of hydrogen-bond donors (Lipinski definition) is 1. The van der Waals surface area contributed by atoms with Gasteiger partial charge in [-0.25, -0.2) is 17.5 Å². The van der Waals surface area contributed by atoms with Gasteiger partial charge >= 0.3 is 0 Å². The average molecular weight is 369 g/mol. The van der Waals surface area contributed by atoms with Gasteiger partial charge in [-0.2, -0.15) is 0 Å². The van der Waals surface area contributed by atoms with Crippen LogP contribution in [-0.2, 0) is 22.3 Å². The number of sulfonamides is 1. The molecule has 2 aromatic carbocycles. The highest BCUT2D eigenvalue weighted by Crippen LogP contribution is 2.38. The van der Waals surface area contributed by atoms with Crippen LogP contribution < -0.4 is 18.9 Å². The zero-order valence-electron chi connectivity index (χ0n) is 14.2. The molecule has 0 aromatic heterocycles. The predicted molar refractivity (Wildman–Crippen MR) is 92.0 cm³/mol. The van der Waals surface area contributed by atoms with E-state index in [9.17, 15) is 12.8 Å². The summed E-state index contributed by atoms with van der Waals surface area (Å²) in [6, 6.07) is 8.67. The Morgan fingerprint density at radius 3 is 1.96 bits per heavy atom. The van der Waals surface area contributed by atoms with Gasteiger partial charge in [0.25, 0.3) is 0 Å². The number of ether oxygens (including phenoxy) is 3. The fraction of sp³-hybridized carbons (Fsp3) is 0.294. The lowest BCUT2D eigenvalue weighted by atomic mass is 10.2. The molecule has 0 aliphatic heterocycles. The van der Waals surface area contributed by atoms with Crippen LogP contribution in [-0.4, -0.2) is 29.7 Å². The maximum Gasteiger partial charge on any atom is 0.216 e. The maximum absolute atomic E-state index is 12.9. The topological polar surface area (TPSA) is 73.9 Å². The van der Waals surface area contributed by atoms with E-state index in [4.69, 9.17) is 14.2 Å². The third-order valence-electron chi connectivity index (χ3n) is 3.49. The minimum atomic E-state index is -3.59. The monoisotopic (exact) mass is 369 g/mol. The summed E-state index contributed by atoms with van der Waals surface area (Å²) in [5.74, 6) is 0.663. The summed E-state index contributed by atoms with van der Waals surface area (Å²) in [6.07, 6.45) is 0. The van der Waals surface area contributed by atoms with Crippen molar-refractivity contribution >= 4 is 10.0 Å². The van der Waals surface area contributed by atoms with Gasteiger partial charge in [-0.15, -0.1) is 0 Å². The molecule has 0 amide bonds. The third-order valence-corrected chi connectivity index (χ3v) is 4.79. The first-order valence-electron chi connectivity index (χ1n) is 7.39. The maximum atomic E-state index is 12.9. The number of rotatable bonds is 8. The molecular weight excluding hydrogens is 349 g/mol. The number of hydrogen-bond acceptors (Lipinski definition) is 5. The largest absolute Gasteiger partial charge is 0.493 e. The summed E-state index contributed by atoms with van der Waals surface area (Å²) < 4.78 is 55.5. The van der Waals surface area contributed by atoms with Crippen LogP contribution in [0.1, 0.15) is 11.1 Å². The molecule has 0 spiro atoms. The fourth-order valence-electron chi connectivity index (χ4n) is 2.28. The molecule has 0 heterocycles. The van der Waals surface area contributed by atoms with Crippen LogP contribution in [0.4, 0.5) is 4.39 Å². The molecule has 0 bridgehead atoms. The Bertz CT molecular complexity index is 796. The highest BCUT2D eigenvalue weighted by molar-refractivity contribution is 7.88. The van der Waals surface area contributed by atoms with Gasteiger partial charge in [0.1, 0.15) is 5.82 Å². The van der Waals surface area contributed by atoms with Crippen molar-refractivity contribution in [1.29, 1.82) is 0 Å². The lowest BCUT2D eigenvalue weighted by Gasteiger charge is -2.14. The molecule has 0 saturated heterocycles. The van der Waals surface area contributed by atoms with Crippen LogP contribution in [0, 0.1) is 5.82 Å². The summed E-state index contributed by atoms with van der Waals surface area (Å²) in [4.78, 5) is 0. The molecule has 0 aliphatic rings. The van der Waals surface area contributed by atoms with E-state index in [-0.39, 0.29) is 12.3 Å². The molecule has 25 heavy (non-hydrogen) atoms. The zero-order chi connectivity index (χ0) is 18.4. The van der Waals surface area contributed by atoms with Gasteiger partial charge in [0.15, 0.2) is 11.5 Å². The average Bonchev–Trinajstić information content (AvgIpc) is 2.60. The van der Waals surface area contributed by atoms with E-state index in [1.165, 1.54) is 45.6 Å². The second-order valence-electron chi connectivity index (χ2n) is 5.24. The first kappa shape index (κ1) is 19.0. The molecule has 0 fully saturated rings. The van der Waals surface area contributed by atoms with Crippen molar-refractivity contribution in [2.75, 3.05) is 21.3 Å². The molecule has 0 saturated carbocycles. The van der Waals surface area contributed by atoms with Crippen molar-refractivity contribution in [1.82, 2.24) is 4.72 Å². The second kappa shape index (κ2) is 8.17. The number of halogens is 1. The molecule has 1 N–H and O–H groups in total. The Morgan fingerprint density at radius 1 is 0.920 bits per heavy atom. The van der Waals surface area contributed by atoms with Gasteiger partial charge < -0.3 is 14.2 Å². The lowest BCUT2D eigenvalue weighted by Crippen LogP contribution is -2.24. The van der Waals surface area contributed by atoms with Gasteiger partial charge in [-0.05, 0) is 35.4 Å². The molecule has 0 aliphatic carbocycles. The molecule has 136 valence electrons. The van der Waals surface area contributed by atoms with Crippen molar-refractivity contribution < 1.29 is 27.0 Å². The second-order valence-corrected chi connectivity index (χ2v) is 7.05. The molecular formula is C17H20FNO5S. The van der Waals surface area contributed by atoms with E-state index in [1.54, 1.807) is 12.1 Å². The van der Waals surface area contributed by atoms with Crippen LogP contribution in [0.25, 0.3) is 0 Å². The Balaban J connectivity index is 2.12. The number of nitrogens with one attached hydrogen (secondary N) is 1. The highest BCUT2D eigenvalue weighted by Gasteiger charge is 2.16. The SMILES string of the molecule is COc1cc(CNS(=O)(=O)Cc2ccc(F)cc2)cc(OC)c1OC. The van der Waals surface area contributed by atoms with Crippen LogP contribution in [0.3, 0.4) is 0 Å². The Kier molecular flexibility index (Phi) is 6.22. The van der Waals surface area contributed by atoms with Crippen molar-refractivity contribution in [3.63, 3.8) is 0 Å². The first-order valence-corrected chi connectivity index (χ1v) is 9.04. The van der Waals surface area contributed by atoms with E-state index in [0.29, 0.717) is 28.4 Å². The number of methoxy groups -OCH3 is 3. The van der Waals surface area contributed by atoms with E-state index < -0.39 is 15.8 Å². The minimum Gasteiger partial charge on any atom is -0.493 e. The molecule has 6 nitrogen and oxygen atoms in total. The molecule has 0 radical (unpaired) electrons. The van der Waals surface area contributed by atoms with Gasteiger partial charge in [0, 0.05) is 6.54 Å². The summed E-state index contributed by atoms with van der Waals surface area (Å²) in [6.45, 7) is 0.0558. The normalized spacial score (nSPS) is 11.2. The van der Waals surface area contributed by atoms with Crippen LogP contribution in [0.15, 0.2) is 36.4 Å². The fourth-order valence-corrected chi connectivity index (χ4v) is 3.40. The molecule has 0 atom stereocenters. The third kappa shape index (κ3) is 5.07. The summed E-state index contributed by atoms with van der Waals surface area (Å²) in [7, 11) is 0.877. The Labute approximate surface area is 146 Å². The predicted octanol–water partition coefficient (Wildman–Crippen LogP) is 2.47. The molecule has 8 heteroatoms. The van der Waals surface area contributed by atoms with E-state index >= 15 is 0 Å². The summed E-state index contributed by atoms with van der Waals surface area (Å²) >= 11 is 0. The van der Waals surface area contributed by atoms with Gasteiger partial charge in [0.2, 0.25) is 15.8 Å². The van der Waals surface area contributed by atoms with E-state index in [0.717, 1.165) is 0 Å². The first-order chi connectivity index (χ1) is 11.9. The zero-order valence-corrected chi connectivity index (χ0v) is 15.0. The van der Waals surface area contributed by atoms with Crippen molar-refractivity contribution in [3.05, 3.63) is 53.3 Å². The highest BCUT2D eigenvalue weighted by atomic mass is 32.2. The lowest BCUT2D eigenvalue weighted by molar-refractivity contribution is 0.323. The Morgan fingerprint density at radius 2 is 1.48 bits per heavy atom. The van der Waals surface area contributed by atoms with Crippen LogP contribution in [0.5, 0.6) is 17.2 Å². The Hall–Kier alpha value is -2.32. The molecule has 2 rings (SSSR count). The van der Waals surface area contributed by atoms with E-state index in [1.807, 2.05) is 0 Å². The summed E-state index contributed by atoms with van der Waals surface area (Å²) in [5, 5.41) is 0. The smallest absolute Gasteiger partial charge is 0.216 e. The molecule has 0 unspecified atom stereocenters. The van der Waals surface area contributed by atoms with E-state index in [2.05, 4.69) is 4.72 Å². The van der Waals surface area contributed by atoms with Crippen molar-refractivity contribution in [2.24, 2.45) is 0 Å². The van der Waals surface area contributed by atoms with Gasteiger partial charge in [-0.1, -0.05) is 12.1 Å². The number of benzene rings is 2. The minimum absolute atomic E-state index is 0.0558.